The van der Waals surface area contributed by atoms with Crippen LogP contribution in [-0.4, -0.2) is 30.4 Å². The van der Waals surface area contributed by atoms with Gasteiger partial charge in [-0.15, -0.1) is 0 Å². The predicted octanol–water partition coefficient (Wildman–Crippen LogP) is 5.32. The van der Waals surface area contributed by atoms with Crippen molar-refractivity contribution in [1.29, 1.82) is 0 Å². The van der Waals surface area contributed by atoms with E-state index in [1.165, 1.54) is 51.4 Å². The number of hydroxylamine groups is 3. The van der Waals surface area contributed by atoms with Crippen LogP contribution in [0.3, 0.4) is 0 Å². The summed E-state index contributed by atoms with van der Waals surface area (Å²) in [6.07, 6.45) is 10.9. The van der Waals surface area contributed by atoms with Crippen molar-refractivity contribution in [1.82, 2.24) is 0 Å². The molecule has 0 aromatic heterocycles. The van der Waals surface area contributed by atoms with E-state index in [-0.39, 0.29) is 0 Å². The first-order chi connectivity index (χ1) is 9.17. The van der Waals surface area contributed by atoms with E-state index < -0.39 is 0 Å². The third-order valence-corrected chi connectivity index (χ3v) is 4.36. The largest absolute Gasteiger partial charge is 0.200 e. The molecule has 0 bridgehead atoms. The number of rotatable bonds is 13. The minimum Gasteiger partial charge on any atom is -0.200 e. The van der Waals surface area contributed by atoms with Gasteiger partial charge in [0.25, 0.3) is 0 Å². The molecule has 0 heterocycles. The molecule has 0 aromatic carbocycles. The van der Waals surface area contributed by atoms with Crippen molar-refractivity contribution >= 4 is 0 Å². The SMILES string of the molecule is CCCCCCC(CCCC)O[N+](CC)(CC)CC. The molecule has 0 rings (SSSR count). The summed E-state index contributed by atoms with van der Waals surface area (Å²) in [5.41, 5.74) is 0. The van der Waals surface area contributed by atoms with Crippen LogP contribution >= 0.6 is 0 Å². The molecule has 0 aliphatic heterocycles. The fraction of sp³-hybridized carbons (Fsp3) is 1.00. The highest BCUT2D eigenvalue weighted by molar-refractivity contribution is 4.57. The molecule has 0 fully saturated rings. The summed E-state index contributed by atoms with van der Waals surface area (Å²) >= 11 is 0. The van der Waals surface area contributed by atoms with Gasteiger partial charge in [-0.05, 0) is 33.6 Å². The van der Waals surface area contributed by atoms with Crippen LogP contribution < -0.4 is 0 Å². The third-order valence-electron chi connectivity index (χ3n) is 4.36. The van der Waals surface area contributed by atoms with Gasteiger partial charge in [-0.25, -0.2) is 0 Å². The number of hydrogen-bond donors (Lipinski definition) is 0. The van der Waals surface area contributed by atoms with Gasteiger partial charge in [0, 0.05) is 0 Å². The first-order valence-corrected chi connectivity index (χ1v) is 8.72. The molecule has 0 saturated carbocycles. The molecule has 0 aliphatic carbocycles. The fourth-order valence-electron chi connectivity index (χ4n) is 2.69. The average Bonchev–Trinajstić information content (AvgIpc) is 2.46. The van der Waals surface area contributed by atoms with Gasteiger partial charge in [-0.1, -0.05) is 52.4 Å². The van der Waals surface area contributed by atoms with Gasteiger partial charge in [0.1, 0.15) is 25.7 Å². The van der Waals surface area contributed by atoms with Gasteiger partial charge < -0.3 is 0 Å². The lowest BCUT2D eigenvalue weighted by Crippen LogP contribution is -2.49. The highest BCUT2D eigenvalue weighted by atomic mass is 16.7. The van der Waals surface area contributed by atoms with Crippen LogP contribution in [0, 0.1) is 0 Å². The maximum absolute atomic E-state index is 6.51. The maximum Gasteiger partial charge on any atom is 0.117 e. The molecule has 0 N–H and O–H groups in total. The number of quaternary nitrogens is 1. The second-order valence-electron chi connectivity index (χ2n) is 5.73. The molecule has 0 aromatic rings. The topological polar surface area (TPSA) is 9.23 Å². The summed E-state index contributed by atoms with van der Waals surface area (Å²) in [6, 6.07) is 0. The van der Waals surface area contributed by atoms with Crippen molar-refractivity contribution in [2.75, 3.05) is 19.6 Å². The Balaban J connectivity index is 4.30. The second kappa shape index (κ2) is 11.7. The van der Waals surface area contributed by atoms with Crippen LogP contribution in [0.5, 0.6) is 0 Å². The van der Waals surface area contributed by atoms with Crippen molar-refractivity contribution in [3.63, 3.8) is 0 Å². The minimum atomic E-state index is 0.469. The molecular formula is C17H38NO+. The normalized spacial score (nSPS) is 13.7. The van der Waals surface area contributed by atoms with Crippen LogP contribution in [0.15, 0.2) is 0 Å². The van der Waals surface area contributed by atoms with E-state index in [0.29, 0.717) is 6.10 Å². The quantitative estimate of drug-likeness (QED) is 0.250. The summed E-state index contributed by atoms with van der Waals surface area (Å²) in [6.45, 7) is 14.6. The van der Waals surface area contributed by atoms with E-state index in [4.69, 9.17) is 4.84 Å². The molecule has 19 heavy (non-hydrogen) atoms. The Labute approximate surface area is 122 Å². The van der Waals surface area contributed by atoms with Crippen LogP contribution in [0.25, 0.3) is 0 Å². The highest BCUT2D eigenvalue weighted by Crippen LogP contribution is 2.20. The molecule has 0 saturated heterocycles. The second-order valence-corrected chi connectivity index (χ2v) is 5.73. The maximum atomic E-state index is 6.51. The van der Waals surface area contributed by atoms with E-state index in [0.717, 1.165) is 24.3 Å². The monoisotopic (exact) mass is 272 g/mol. The standard InChI is InChI=1S/C17H38NO/c1-6-11-13-14-16-17(15-12-7-2)19-18(8-3,9-4)10-5/h17H,6-16H2,1-5H3/q+1. The Hall–Kier alpha value is -0.0800. The zero-order valence-corrected chi connectivity index (χ0v) is 14.2. The number of nitrogens with zero attached hydrogens (tertiary/aromatic N) is 1. The van der Waals surface area contributed by atoms with E-state index >= 15 is 0 Å². The molecule has 0 radical (unpaired) electrons. The van der Waals surface area contributed by atoms with Gasteiger partial charge in [-0.2, -0.15) is 9.48 Å². The van der Waals surface area contributed by atoms with E-state index in [2.05, 4.69) is 34.6 Å². The first kappa shape index (κ1) is 18.9. The van der Waals surface area contributed by atoms with Crippen molar-refractivity contribution < 1.29 is 9.48 Å². The zero-order chi connectivity index (χ0) is 14.6. The van der Waals surface area contributed by atoms with Crippen LogP contribution in [0.4, 0.5) is 0 Å². The van der Waals surface area contributed by atoms with Gasteiger partial charge >= 0.3 is 0 Å². The summed E-state index contributed by atoms with van der Waals surface area (Å²) in [5.74, 6) is 0. The Morgan fingerprint density at radius 3 is 1.68 bits per heavy atom. The van der Waals surface area contributed by atoms with E-state index in [1.54, 1.807) is 0 Å². The minimum absolute atomic E-state index is 0.469. The summed E-state index contributed by atoms with van der Waals surface area (Å²) in [5, 5.41) is 0. The Kier molecular flexibility index (Phi) is 11.7. The molecular weight excluding hydrogens is 234 g/mol. The lowest BCUT2D eigenvalue weighted by molar-refractivity contribution is -1.11. The average molecular weight is 272 g/mol. The summed E-state index contributed by atoms with van der Waals surface area (Å²) in [7, 11) is 0. The lowest BCUT2D eigenvalue weighted by Gasteiger charge is -2.36. The zero-order valence-electron chi connectivity index (χ0n) is 14.2. The van der Waals surface area contributed by atoms with Gasteiger partial charge in [0.15, 0.2) is 0 Å². The molecule has 1 atom stereocenters. The number of hydrogen-bond acceptors (Lipinski definition) is 1. The molecule has 0 aliphatic rings. The first-order valence-electron chi connectivity index (χ1n) is 8.72. The smallest absolute Gasteiger partial charge is 0.117 e. The molecule has 0 amide bonds. The van der Waals surface area contributed by atoms with Crippen LogP contribution in [-0.2, 0) is 4.84 Å². The number of unbranched alkanes of at least 4 members (excludes halogenated alkanes) is 4. The lowest BCUT2D eigenvalue weighted by atomic mass is 10.0. The molecule has 116 valence electrons. The highest BCUT2D eigenvalue weighted by Gasteiger charge is 2.27. The third kappa shape index (κ3) is 7.94. The predicted molar refractivity (Wildman–Crippen MR) is 85.0 cm³/mol. The van der Waals surface area contributed by atoms with Crippen molar-refractivity contribution in [3.8, 4) is 0 Å². The fourth-order valence-corrected chi connectivity index (χ4v) is 2.69. The van der Waals surface area contributed by atoms with Gasteiger partial charge in [-0.3, -0.25) is 0 Å². The Morgan fingerprint density at radius 2 is 1.21 bits per heavy atom. The molecule has 1 unspecified atom stereocenters. The van der Waals surface area contributed by atoms with Crippen molar-refractivity contribution in [2.24, 2.45) is 0 Å². The summed E-state index contributed by atoms with van der Waals surface area (Å²) in [4.78, 5) is 6.51. The Morgan fingerprint density at radius 1 is 0.684 bits per heavy atom. The Bertz CT molecular complexity index is 181. The van der Waals surface area contributed by atoms with E-state index in [1.807, 2.05) is 0 Å². The van der Waals surface area contributed by atoms with Crippen LogP contribution in [0.1, 0.15) is 86.0 Å². The summed E-state index contributed by atoms with van der Waals surface area (Å²) < 4.78 is 0.835. The van der Waals surface area contributed by atoms with E-state index in [9.17, 15) is 0 Å². The molecule has 2 heteroatoms. The molecule has 2 nitrogen and oxygen atoms in total. The van der Waals surface area contributed by atoms with Crippen LogP contribution in [0.2, 0.25) is 0 Å². The van der Waals surface area contributed by atoms with Crippen molar-refractivity contribution in [3.05, 3.63) is 0 Å². The van der Waals surface area contributed by atoms with Gasteiger partial charge in [0.2, 0.25) is 0 Å². The van der Waals surface area contributed by atoms with Crippen molar-refractivity contribution in [2.45, 2.75) is 92.1 Å². The molecule has 0 spiro atoms. The van der Waals surface area contributed by atoms with Gasteiger partial charge in [0.05, 0.1) is 0 Å².